The summed E-state index contributed by atoms with van der Waals surface area (Å²) in [6, 6.07) is 1.78. The molecule has 104 valence electrons. The van der Waals surface area contributed by atoms with E-state index in [4.69, 9.17) is 0 Å². The van der Waals surface area contributed by atoms with E-state index in [1.807, 2.05) is 6.92 Å². The van der Waals surface area contributed by atoms with Gasteiger partial charge in [0, 0.05) is 25.7 Å². The Bertz CT molecular complexity index is 492. The molecule has 0 aromatic heterocycles. The monoisotopic (exact) mass is 271 g/mol. The largest absolute Gasteiger partial charge is 0.358 e. The number of benzene rings is 1. The first-order valence-electron chi connectivity index (χ1n) is 6.16. The van der Waals surface area contributed by atoms with Gasteiger partial charge in [-0.15, -0.1) is 0 Å². The van der Waals surface area contributed by atoms with Gasteiger partial charge in [0.05, 0.1) is 11.0 Å². The Labute approximate surface area is 109 Å². The highest BCUT2D eigenvalue weighted by Gasteiger charge is 2.32. The molecule has 5 nitrogen and oxygen atoms in total. The second-order valence-corrected chi connectivity index (χ2v) is 4.49. The molecule has 0 radical (unpaired) electrons. The van der Waals surface area contributed by atoms with Gasteiger partial charge in [-0.05, 0) is 12.5 Å². The molecule has 0 unspecified atom stereocenters. The smallest absolute Gasteiger partial charge is 0.295 e. The summed E-state index contributed by atoms with van der Waals surface area (Å²) in [5, 5.41) is 14.0. The molecule has 1 aromatic rings. The number of anilines is 1. The molecular weight excluding hydrogens is 256 g/mol. The number of halogens is 2. The predicted octanol–water partition coefficient (Wildman–Crippen LogP) is 2.06. The van der Waals surface area contributed by atoms with E-state index >= 15 is 0 Å². The molecule has 0 aliphatic carbocycles. The summed E-state index contributed by atoms with van der Waals surface area (Å²) >= 11 is 0. The molecule has 0 bridgehead atoms. The highest BCUT2D eigenvalue weighted by atomic mass is 19.2. The number of nitrogens with one attached hydrogen (secondary N) is 1. The van der Waals surface area contributed by atoms with Crippen LogP contribution in [0.25, 0.3) is 0 Å². The number of rotatable bonds is 5. The Morgan fingerprint density at radius 2 is 2.16 bits per heavy atom. The fourth-order valence-electron chi connectivity index (χ4n) is 2.16. The van der Waals surface area contributed by atoms with Gasteiger partial charge in [-0.3, -0.25) is 10.1 Å². The van der Waals surface area contributed by atoms with E-state index in [1.165, 1.54) is 0 Å². The summed E-state index contributed by atoms with van der Waals surface area (Å²) in [4.78, 5) is 11.9. The van der Waals surface area contributed by atoms with Gasteiger partial charge in [0.15, 0.2) is 17.3 Å². The third-order valence-corrected chi connectivity index (χ3v) is 3.20. The van der Waals surface area contributed by atoms with Crippen LogP contribution in [0.15, 0.2) is 12.1 Å². The van der Waals surface area contributed by atoms with Crippen molar-refractivity contribution in [3.05, 3.63) is 33.9 Å². The van der Waals surface area contributed by atoms with Crippen LogP contribution in [0, 0.1) is 21.7 Å². The van der Waals surface area contributed by atoms with E-state index in [1.54, 1.807) is 4.90 Å². The Hall–Kier alpha value is -1.76. The molecule has 1 saturated heterocycles. The molecule has 1 N–H and O–H groups in total. The molecule has 0 saturated carbocycles. The summed E-state index contributed by atoms with van der Waals surface area (Å²) in [5.74, 6) is -2.21. The first-order chi connectivity index (χ1) is 9.06. The first-order valence-corrected chi connectivity index (χ1v) is 6.16. The lowest BCUT2D eigenvalue weighted by molar-refractivity contribution is -0.384. The molecular formula is C12H15F2N3O2. The van der Waals surface area contributed by atoms with Crippen LogP contribution in [-0.4, -0.2) is 30.6 Å². The standard InChI is InChI=1S/C12H15F2N3O2/c1-2-5-16(8-6-15-7-8)12-10(17(18)19)4-3-9(13)11(12)14/h3-4,8,15H,2,5-7H2,1H3. The summed E-state index contributed by atoms with van der Waals surface area (Å²) < 4.78 is 27.3. The zero-order valence-corrected chi connectivity index (χ0v) is 10.5. The van der Waals surface area contributed by atoms with Crippen molar-refractivity contribution < 1.29 is 13.7 Å². The van der Waals surface area contributed by atoms with Crippen molar-refractivity contribution in [3.8, 4) is 0 Å². The molecule has 1 aliphatic rings. The van der Waals surface area contributed by atoms with Crippen LogP contribution in [0.4, 0.5) is 20.2 Å². The molecule has 19 heavy (non-hydrogen) atoms. The highest BCUT2D eigenvalue weighted by molar-refractivity contribution is 5.65. The van der Waals surface area contributed by atoms with Crippen molar-refractivity contribution in [1.82, 2.24) is 5.32 Å². The lowest BCUT2D eigenvalue weighted by atomic mass is 10.1. The minimum absolute atomic E-state index is 0.0325. The molecule has 0 spiro atoms. The zero-order valence-electron chi connectivity index (χ0n) is 10.5. The minimum atomic E-state index is -1.14. The normalized spacial score (nSPS) is 15.1. The number of nitro benzene ring substituents is 1. The van der Waals surface area contributed by atoms with Gasteiger partial charge in [-0.2, -0.15) is 0 Å². The maximum Gasteiger partial charge on any atom is 0.295 e. The van der Waals surface area contributed by atoms with E-state index in [0.29, 0.717) is 26.1 Å². The van der Waals surface area contributed by atoms with Crippen LogP contribution in [0.5, 0.6) is 0 Å². The lowest BCUT2D eigenvalue weighted by Gasteiger charge is -2.39. The van der Waals surface area contributed by atoms with E-state index < -0.39 is 16.6 Å². The van der Waals surface area contributed by atoms with Gasteiger partial charge in [0.25, 0.3) is 5.69 Å². The van der Waals surface area contributed by atoms with Crippen LogP contribution in [0.1, 0.15) is 13.3 Å². The van der Waals surface area contributed by atoms with Gasteiger partial charge >= 0.3 is 0 Å². The van der Waals surface area contributed by atoms with E-state index in [2.05, 4.69) is 5.32 Å². The van der Waals surface area contributed by atoms with E-state index in [-0.39, 0.29) is 17.4 Å². The third-order valence-electron chi connectivity index (χ3n) is 3.20. The number of hydrogen-bond donors (Lipinski definition) is 1. The summed E-state index contributed by atoms with van der Waals surface area (Å²) in [6.45, 7) is 3.58. The molecule has 1 aliphatic heterocycles. The fourth-order valence-corrected chi connectivity index (χ4v) is 2.16. The second kappa shape index (κ2) is 5.48. The van der Waals surface area contributed by atoms with Gasteiger partial charge in [-0.1, -0.05) is 6.92 Å². The average molecular weight is 271 g/mol. The third kappa shape index (κ3) is 2.51. The van der Waals surface area contributed by atoms with Gasteiger partial charge < -0.3 is 10.2 Å². The molecule has 0 amide bonds. The van der Waals surface area contributed by atoms with Crippen LogP contribution in [0.2, 0.25) is 0 Å². The number of hydrogen-bond acceptors (Lipinski definition) is 4. The molecule has 7 heteroatoms. The highest BCUT2D eigenvalue weighted by Crippen LogP contribution is 2.34. The summed E-state index contributed by atoms with van der Waals surface area (Å²) in [7, 11) is 0. The van der Waals surface area contributed by atoms with Gasteiger partial charge in [0.1, 0.15) is 0 Å². The van der Waals surface area contributed by atoms with Crippen LogP contribution < -0.4 is 10.2 Å². The molecule has 1 aromatic carbocycles. The fraction of sp³-hybridized carbons (Fsp3) is 0.500. The van der Waals surface area contributed by atoms with Crippen LogP contribution >= 0.6 is 0 Å². The number of nitro groups is 1. The van der Waals surface area contributed by atoms with E-state index in [9.17, 15) is 18.9 Å². The average Bonchev–Trinajstić information content (AvgIpc) is 2.29. The minimum Gasteiger partial charge on any atom is -0.358 e. The molecule has 1 fully saturated rings. The Morgan fingerprint density at radius 1 is 1.47 bits per heavy atom. The van der Waals surface area contributed by atoms with Crippen LogP contribution in [-0.2, 0) is 0 Å². The quantitative estimate of drug-likeness (QED) is 0.658. The summed E-state index contributed by atoms with van der Waals surface area (Å²) in [6.07, 6.45) is 0.698. The molecule has 1 heterocycles. The van der Waals surface area contributed by atoms with Gasteiger partial charge in [-0.25, -0.2) is 8.78 Å². The maximum absolute atomic E-state index is 14.0. The topological polar surface area (TPSA) is 58.4 Å². The van der Waals surface area contributed by atoms with Gasteiger partial charge in [0.2, 0.25) is 0 Å². The van der Waals surface area contributed by atoms with Crippen molar-refractivity contribution in [2.75, 3.05) is 24.5 Å². The van der Waals surface area contributed by atoms with Crippen molar-refractivity contribution in [2.45, 2.75) is 19.4 Å². The number of nitrogens with zero attached hydrogens (tertiary/aromatic N) is 2. The second-order valence-electron chi connectivity index (χ2n) is 4.49. The Kier molecular flexibility index (Phi) is 3.94. The predicted molar refractivity (Wildman–Crippen MR) is 67.3 cm³/mol. The Balaban J connectivity index is 2.49. The van der Waals surface area contributed by atoms with Crippen LogP contribution in [0.3, 0.4) is 0 Å². The maximum atomic E-state index is 14.0. The molecule has 0 atom stereocenters. The van der Waals surface area contributed by atoms with E-state index in [0.717, 1.165) is 12.1 Å². The Morgan fingerprint density at radius 3 is 2.63 bits per heavy atom. The first kappa shape index (κ1) is 13.7. The summed E-state index contributed by atoms with van der Waals surface area (Å²) in [5.41, 5.74) is -0.627. The SMILES string of the molecule is CCCN(c1c([N+](=O)[O-])ccc(F)c1F)C1CNC1. The van der Waals surface area contributed by atoms with Crippen molar-refractivity contribution in [3.63, 3.8) is 0 Å². The van der Waals surface area contributed by atoms with Crippen molar-refractivity contribution in [1.29, 1.82) is 0 Å². The van der Waals surface area contributed by atoms with Crippen molar-refractivity contribution in [2.24, 2.45) is 0 Å². The molecule has 2 rings (SSSR count). The lowest BCUT2D eigenvalue weighted by Crippen LogP contribution is -2.58. The van der Waals surface area contributed by atoms with Crippen molar-refractivity contribution >= 4 is 11.4 Å². The zero-order chi connectivity index (χ0) is 14.0.